The van der Waals surface area contributed by atoms with Gasteiger partial charge in [0.1, 0.15) is 5.00 Å². The summed E-state index contributed by atoms with van der Waals surface area (Å²) in [7, 11) is 0. The second-order valence-corrected chi connectivity index (χ2v) is 6.31. The molecule has 4 nitrogen and oxygen atoms in total. The van der Waals surface area contributed by atoms with Gasteiger partial charge >= 0.3 is 0 Å². The minimum atomic E-state index is -0.436. The number of amides is 2. The first-order valence-corrected chi connectivity index (χ1v) is 8.07. The summed E-state index contributed by atoms with van der Waals surface area (Å²) in [4.78, 5) is 24.4. The van der Waals surface area contributed by atoms with Crippen LogP contribution in [0.2, 0.25) is 0 Å². The van der Waals surface area contributed by atoms with Gasteiger partial charge in [-0.1, -0.05) is 0 Å². The Morgan fingerprint density at radius 2 is 2.22 bits per heavy atom. The van der Waals surface area contributed by atoms with Gasteiger partial charge in [-0.2, -0.15) is 11.8 Å². The van der Waals surface area contributed by atoms with Crippen LogP contribution < -0.4 is 11.1 Å². The van der Waals surface area contributed by atoms with Gasteiger partial charge < -0.3 is 11.1 Å². The van der Waals surface area contributed by atoms with Crippen molar-refractivity contribution in [2.75, 3.05) is 17.3 Å². The van der Waals surface area contributed by atoms with E-state index in [4.69, 9.17) is 5.73 Å². The van der Waals surface area contributed by atoms with Gasteiger partial charge in [-0.15, -0.1) is 11.3 Å². The number of primary amides is 1. The molecule has 2 rings (SSSR count). The van der Waals surface area contributed by atoms with Crippen molar-refractivity contribution in [1.82, 2.24) is 0 Å². The predicted molar refractivity (Wildman–Crippen MR) is 76.5 cm³/mol. The highest BCUT2D eigenvalue weighted by molar-refractivity contribution is 7.98. The SMILES string of the molecule is CSCCC(=O)Nc1sc2c(c1C(N)=O)CCC2. The van der Waals surface area contributed by atoms with Crippen LogP contribution in [0.15, 0.2) is 0 Å². The largest absolute Gasteiger partial charge is 0.365 e. The third-order valence-electron chi connectivity index (χ3n) is 2.95. The molecule has 0 spiro atoms. The van der Waals surface area contributed by atoms with E-state index in [9.17, 15) is 9.59 Å². The Hall–Kier alpha value is -1.01. The second kappa shape index (κ2) is 5.75. The third-order valence-corrected chi connectivity index (χ3v) is 4.77. The number of hydrogen-bond donors (Lipinski definition) is 2. The maximum Gasteiger partial charge on any atom is 0.251 e. The number of carbonyl (C=O) groups excluding carboxylic acids is 2. The fraction of sp³-hybridized carbons (Fsp3) is 0.500. The Bertz CT molecular complexity index is 483. The summed E-state index contributed by atoms with van der Waals surface area (Å²) in [5.74, 6) is 0.296. The van der Waals surface area contributed by atoms with E-state index in [0.717, 1.165) is 30.6 Å². The molecular formula is C12H16N2O2S2. The number of nitrogens with two attached hydrogens (primary N) is 1. The first-order chi connectivity index (χ1) is 8.63. The summed E-state index contributed by atoms with van der Waals surface area (Å²) < 4.78 is 0. The molecule has 0 saturated heterocycles. The highest BCUT2D eigenvalue weighted by Crippen LogP contribution is 2.38. The molecule has 6 heteroatoms. The smallest absolute Gasteiger partial charge is 0.251 e. The molecule has 18 heavy (non-hydrogen) atoms. The highest BCUT2D eigenvalue weighted by atomic mass is 32.2. The van der Waals surface area contributed by atoms with Crippen molar-refractivity contribution in [3.63, 3.8) is 0 Å². The fourth-order valence-corrected chi connectivity index (χ4v) is 3.84. The molecule has 1 aliphatic rings. The van der Waals surface area contributed by atoms with Gasteiger partial charge in [-0.3, -0.25) is 9.59 Å². The lowest BCUT2D eigenvalue weighted by Crippen LogP contribution is -2.17. The van der Waals surface area contributed by atoms with Crippen LogP contribution >= 0.6 is 23.1 Å². The zero-order valence-corrected chi connectivity index (χ0v) is 11.9. The number of aryl methyl sites for hydroxylation is 1. The van der Waals surface area contributed by atoms with Crippen LogP contribution in [-0.4, -0.2) is 23.8 Å². The molecule has 1 aromatic rings. The van der Waals surface area contributed by atoms with Crippen molar-refractivity contribution in [1.29, 1.82) is 0 Å². The number of anilines is 1. The number of carbonyl (C=O) groups is 2. The van der Waals surface area contributed by atoms with Crippen molar-refractivity contribution in [2.45, 2.75) is 25.7 Å². The van der Waals surface area contributed by atoms with Gasteiger partial charge in [0, 0.05) is 17.1 Å². The van der Waals surface area contributed by atoms with Crippen molar-refractivity contribution in [3.05, 3.63) is 16.0 Å². The molecule has 0 bridgehead atoms. The second-order valence-electron chi connectivity index (χ2n) is 4.22. The molecule has 0 aromatic carbocycles. The summed E-state index contributed by atoms with van der Waals surface area (Å²) in [6.07, 6.45) is 5.37. The Kier molecular flexibility index (Phi) is 4.29. The molecule has 1 heterocycles. The molecule has 1 aliphatic carbocycles. The first-order valence-electron chi connectivity index (χ1n) is 5.86. The lowest BCUT2D eigenvalue weighted by molar-refractivity contribution is -0.115. The average Bonchev–Trinajstić information content (AvgIpc) is 2.85. The van der Waals surface area contributed by atoms with E-state index in [-0.39, 0.29) is 5.91 Å². The molecule has 0 saturated carbocycles. The topological polar surface area (TPSA) is 72.2 Å². The zero-order valence-electron chi connectivity index (χ0n) is 10.2. The van der Waals surface area contributed by atoms with Gasteiger partial charge in [-0.05, 0) is 31.1 Å². The summed E-state index contributed by atoms with van der Waals surface area (Å²) in [6.45, 7) is 0. The third kappa shape index (κ3) is 2.70. The Morgan fingerprint density at radius 1 is 1.44 bits per heavy atom. The van der Waals surface area contributed by atoms with Gasteiger partial charge in [0.25, 0.3) is 5.91 Å². The number of nitrogens with one attached hydrogen (secondary N) is 1. The van der Waals surface area contributed by atoms with Crippen LogP contribution in [0.1, 0.15) is 33.6 Å². The normalized spacial score (nSPS) is 13.4. The van der Waals surface area contributed by atoms with E-state index in [1.807, 2.05) is 6.26 Å². The van der Waals surface area contributed by atoms with E-state index >= 15 is 0 Å². The standard InChI is InChI=1S/C12H16N2O2S2/c1-17-6-5-9(15)14-12-10(11(13)16)7-3-2-4-8(7)18-12/h2-6H2,1H3,(H2,13,16)(H,14,15). The van der Waals surface area contributed by atoms with Crippen LogP contribution in [0.5, 0.6) is 0 Å². The van der Waals surface area contributed by atoms with Gasteiger partial charge in [0.05, 0.1) is 5.56 Å². The molecule has 3 N–H and O–H groups in total. The summed E-state index contributed by atoms with van der Waals surface area (Å²) in [5.41, 5.74) is 7.00. The molecule has 0 aliphatic heterocycles. The summed E-state index contributed by atoms with van der Waals surface area (Å²) in [6, 6.07) is 0. The highest BCUT2D eigenvalue weighted by Gasteiger charge is 2.25. The van der Waals surface area contributed by atoms with E-state index in [0.29, 0.717) is 17.0 Å². The van der Waals surface area contributed by atoms with Crippen molar-refractivity contribution < 1.29 is 9.59 Å². The van der Waals surface area contributed by atoms with E-state index in [1.54, 1.807) is 11.8 Å². The number of thiophene rings is 1. The van der Waals surface area contributed by atoms with E-state index in [2.05, 4.69) is 5.32 Å². The average molecular weight is 284 g/mol. The fourth-order valence-electron chi connectivity index (χ4n) is 2.14. The van der Waals surface area contributed by atoms with Crippen LogP contribution in [0, 0.1) is 0 Å². The van der Waals surface area contributed by atoms with Crippen LogP contribution in [0.25, 0.3) is 0 Å². The molecule has 0 radical (unpaired) electrons. The molecule has 0 atom stereocenters. The molecule has 1 aromatic heterocycles. The van der Waals surface area contributed by atoms with Crippen molar-refractivity contribution in [2.24, 2.45) is 5.73 Å². The molecule has 0 unspecified atom stereocenters. The molecular weight excluding hydrogens is 268 g/mol. The lowest BCUT2D eigenvalue weighted by atomic mass is 10.1. The predicted octanol–water partition coefficient (Wildman–Crippen LogP) is 2.03. The Balaban J connectivity index is 2.18. The van der Waals surface area contributed by atoms with Crippen LogP contribution in [0.4, 0.5) is 5.00 Å². The first kappa shape index (κ1) is 13.4. The maximum atomic E-state index is 11.7. The van der Waals surface area contributed by atoms with Crippen LogP contribution in [-0.2, 0) is 17.6 Å². The Labute approximate surface area is 114 Å². The minimum Gasteiger partial charge on any atom is -0.365 e. The molecule has 98 valence electrons. The quantitative estimate of drug-likeness (QED) is 0.869. The van der Waals surface area contributed by atoms with Crippen molar-refractivity contribution >= 4 is 39.9 Å². The van der Waals surface area contributed by atoms with Gasteiger partial charge in [-0.25, -0.2) is 0 Å². The molecule has 2 amide bonds. The van der Waals surface area contributed by atoms with Crippen LogP contribution in [0.3, 0.4) is 0 Å². The lowest BCUT2D eigenvalue weighted by Gasteiger charge is -2.05. The number of rotatable bonds is 5. The van der Waals surface area contributed by atoms with E-state index in [1.165, 1.54) is 16.2 Å². The molecule has 0 fully saturated rings. The number of hydrogen-bond acceptors (Lipinski definition) is 4. The zero-order chi connectivity index (χ0) is 13.1. The van der Waals surface area contributed by atoms with Gasteiger partial charge in [0.15, 0.2) is 0 Å². The number of fused-ring (bicyclic) bond motifs is 1. The maximum absolute atomic E-state index is 11.7. The summed E-state index contributed by atoms with van der Waals surface area (Å²) in [5, 5.41) is 3.46. The Morgan fingerprint density at radius 3 is 2.89 bits per heavy atom. The van der Waals surface area contributed by atoms with Crippen molar-refractivity contribution in [3.8, 4) is 0 Å². The van der Waals surface area contributed by atoms with E-state index < -0.39 is 5.91 Å². The monoisotopic (exact) mass is 284 g/mol. The van der Waals surface area contributed by atoms with Gasteiger partial charge in [0.2, 0.25) is 5.91 Å². The number of thioether (sulfide) groups is 1. The summed E-state index contributed by atoms with van der Waals surface area (Å²) >= 11 is 3.13. The minimum absolute atomic E-state index is 0.0493.